The van der Waals surface area contributed by atoms with E-state index in [0.717, 1.165) is 0 Å². The van der Waals surface area contributed by atoms with Crippen LogP contribution in [0.3, 0.4) is 0 Å². The molecule has 0 N–H and O–H groups in total. The molecule has 0 saturated heterocycles. The van der Waals surface area contributed by atoms with Crippen molar-refractivity contribution in [1.29, 1.82) is 0 Å². The van der Waals surface area contributed by atoms with E-state index in [9.17, 15) is 87.9 Å². The normalized spacial score (nSPS) is 16.7. The van der Waals surface area contributed by atoms with E-state index in [1.807, 2.05) is 0 Å². The monoisotopic (exact) mass is 531 g/mol. The first-order chi connectivity index (χ1) is 13.4. The van der Waals surface area contributed by atoms with Crippen LogP contribution >= 0.6 is 0 Å². The van der Waals surface area contributed by atoms with Gasteiger partial charge in [0.15, 0.2) is 0 Å². The van der Waals surface area contributed by atoms with Crippen molar-refractivity contribution in [3.8, 4) is 0 Å². The zero-order chi connectivity index (χ0) is 26.8. The third-order valence-corrected chi connectivity index (χ3v) is 3.60. The van der Waals surface area contributed by atoms with Crippen LogP contribution < -0.4 is 0 Å². The summed E-state index contributed by atoms with van der Waals surface area (Å²) in [5.41, 5.74) is 0. The first-order valence-corrected chi connectivity index (χ1v) is 6.88. The summed E-state index contributed by atoms with van der Waals surface area (Å²) in [6.07, 6.45) is -7.92. The molecular weight excluding hydrogens is 526 g/mol. The Kier molecular flexibility index (Phi) is 7.20. The van der Waals surface area contributed by atoms with Gasteiger partial charge in [0.05, 0.1) is 6.54 Å². The van der Waals surface area contributed by atoms with Crippen molar-refractivity contribution in [3.63, 3.8) is 0 Å². The maximum absolute atomic E-state index is 13.3. The van der Waals surface area contributed by atoms with Gasteiger partial charge < -0.3 is 0 Å². The van der Waals surface area contributed by atoms with Gasteiger partial charge in [-0.3, -0.25) is 0 Å². The Balaban J connectivity index is 6.85. The Hall–Kier alpha value is -1.44. The van der Waals surface area contributed by atoms with Crippen LogP contribution in [0.1, 0.15) is 0 Å². The summed E-state index contributed by atoms with van der Waals surface area (Å²) in [5, 5.41) is -1.63. The fourth-order valence-corrected chi connectivity index (χ4v) is 1.77. The molecule has 0 aliphatic rings. The molecular formula is C11H5F20N. The topological polar surface area (TPSA) is 3.24 Å². The number of rotatable bonds is 9. The lowest BCUT2D eigenvalue weighted by atomic mass is 9.87. The highest BCUT2D eigenvalue weighted by molar-refractivity contribution is 5.16. The molecule has 0 unspecified atom stereocenters. The summed E-state index contributed by atoms with van der Waals surface area (Å²) in [7, 11) is -0.261. The third kappa shape index (κ3) is 3.80. The minimum Gasteiger partial charge on any atom is -0.198 e. The van der Waals surface area contributed by atoms with Crippen LogP contribution in [0.5, 0.6) is 0 Å². The van der Waals surface area contributed by atoms with E-state index in [-0.39, 0.29) is 7.05 Å². The first-order valence-electron chi connectivity index (χ1n) is 6.88. The lowest BCUT2D eigenvalue weighted by Crippen LogP contribution is -2.76. The molecule has 0 aromatic heterocycles. The van der Waals surface area contributed by atoms with Gasteiger partial charge in [-0.1, -0.05) is 0 Å². The highest BCUT2D eigenvalue weighted by Crippen LogP contribution is 2.65. The standard InChI is InChI=1S/C11H5F20N/c1-32(31)2-3(12,13)4(14,15)5(16,17)6(18,19)7(20,21)8(22,23)9(24,25)10(26,27)11(28,29)30/h2H2,1H3. The van der Waals surface area contributed by atoms with Gasteiger partial charge in [-0.15, -0.1) is 9.60 Å². The van der Waals surface area contributed by atoms with Gasteiger partial charge in [-0.05, 0) is 0 Å². The molecule has 0 fully saturated rings. The molecule has 0 aliphatic heterocycles. The maximum Gasteiger partial charge on any atom is 0.460 e. The SMILES string of the molecule is CN(F)CC(F)(F)C(F)(F)C(F)(F)C(F)(F)C(F)(F)C(F)(F)C(F)(F)C(F)(F)C(F)(F)F. The van der Waals surface area contributed by atoms with E-state index in [4.69, 9.17) is 0 Å². The minimum absolute atomic E-state index is 0.261. The van der Waals surface area contributed by atoms with Crippen LogP contribution in [0.25, 0.3) is 0 Å². The van der Waals surface area contributed by atoms with Crippen LogP contribution in [-0.4, -0.2) is 72.3 Å². The molecule has 0 rings (SSSR count). The zero-order valence-corrected chi connectivity index (χ0v) is 14.2. The summed E-state index contributed by atoms with van der Waals surface area (Å²) >= 11 is 0. The van der Waals surface area contributed by atoms with Gasteiger partial charge in [0, 0.05) is 7.05 Å². The Labute approximate surface area is 161 Å². The summed E-state index contributed by atoms with van der Waals surface area (Å²) in [5.74, 6) is -67.3. The lowest BCUT2D eigenvalue weighted by molar-refractivity contribution is -0.469. The molecule has 0 amide bonds. The van der Waals surface area contributed by atoms with Crippen molar-refractivity contribution in [2.75, 3.05) is 13.6 Å². The first kappa shape index (κ1) is 30.6. The zero-order valence-electron chi connectivity index (χ0n) is 14.2. The highest BCUT2D eigenvalue weighted by Gasteiger charge is 2.96. The molecule has 194 valence electrons. The van der Waals surface area contributed by atoms with Crippen molar-refractivity contribution in [3.05, 3.63) is 0 Å². The minimum atomic E-state index is -8.97. The van der Waals surface area contributed by atoms with Gasteiger partial charge in [0.2, 0.25) is 0 Å². The van der Waals surface area contributed by atoms with E-state index in [1.165, 1.54) is 0 Å². The summed E-state index contributed by atoms with van der Waals surface area (Å²) in [6.45, 7) is -3.32. The highest BCUT2D eigenvalue weighted by atomic mass is 19.4. The van der Waals surface area contributed by atoms with Crippen LogP contribution in [0.15, 0.2) is 0 Å². The fourth-order valence-electron chi connectivity index (χ4n) is 1.77. The Morgan fingerprint density at radius 1 is 0.406 bits per heavy atom. The third-order valence-electron chi connectivity index (χ3n) is 3.60. The van der Waals surface area contributed by atoms with Gasteiger partial charge in [0.1, 0.15) is 0 Å². The van der Waals surface area contributed by atoms with E-state index in [1.54, 1.807) is 0 Å². The van der Waals surface area contributed by atoms with Crippen molar-refractivity contribution in [2.24, 2.45) is 0 Å². The Bertz CT molecular complexity index is 672. The van der Waals surface area contributed by atoms with Crippen molar-refractivity contribution >= 4 is 0 Å². The Morgan fingerprint density at radius 2 is 0.625 bits per heavy atom. The number of hydrogen-bond acceptors (Lipinski definition) is 1. The smallest absolute Gasteiger partial charge is 0.198 e. The van der Waals surface area contributed by atoms with E-state index in [2.05, 4.69) is 0 Å². The second kappa shape index (κ2) is 7.54. The molecule has 0 heterocycles. The second-order valence-corrected chi connectivity index (χ2v) is 5.99. The van der Waals surface area contributed by atoms with Crippen molar-refractivity contribution in [1.82, 2.24) is 5.12 Å². The van der Waals surface area contributed by atoms with Gasteiger partial charge in [0.25, 0.3) is 0 Å². The molecule has 0 spiro atoms. The lowest BCUT2D eigenvalue weighted by Gasteiger charge is -2.43. The van der Waals surface area contributed by atoms with E-state index >= 15 is 0 Å². The molecule has 0 aliphatic carbocycles. The number of halogens is 20. The average molecular weight is 531 g/mol. The molecule has 0 saturated carbocycles. The fraction of sp³-hybridized carbons (Fsp3) is 1.00. The van der Waals surface area contributed by atoms with Crippen LogP contribution in [0.4, 0.5) is 87.9 Å². The second-order valence-electron chi connectivity index (χ2n) is 5.99. The molecule has 0 aromatic carbocycles. The Morgan fingerprint density at radius 3 is 0.844 bits per heavy atom. The average Bonchev–Trinajstić information content (AvgIpc) is 2.51. The predicted molar refractivity (Wildman–Crippen MR) is 59.4 cm³/mol. The van der Waals surface area contributed by atoms with E-state index < -0.39 is 65.2 Å². The van der Waals surface area contributed by atoms with Gasteiger partial charge in [-0.2, -0.15) is 83.4 Å². The quantitative estimate of drug-likeness (QED) is 0.245. The number of hydrogen-bond donors (Lipinski definition) is 0. The molecule has 32 heavy (non-hydrogen) atoms. The molecule has 21 heteroatoms. The maximum atomic E-state index is 13.3. The molecule has 0 atom stereocenters. The molecule has 0 aromatic rings. The predicted octanol–water partition coefficient (Wildman–Crippen LogP) is 6.45. The molecule has 0 bridgehead atoms. The van der Waals surface area contributed by atoms with Crippen LogP contribution in [-0.2, 0) is 0 Å². The van der Waals surface area contributed by atoms with Crippen LogP contribution in [0.2, 0.25) is 0 Å². The summed E-state index contributed by atoms with van der Waals surface area (Å²) in [4.78, 5) is 0. The molecule has 0 radical (unpaired) electrons. The number of alkyl halides is 19. The summed E-state index contributed by atoms with van der Waals surface area (Å²) in [6, 6.07) is 0. The van der Waals surface area contributed by atoms with Crippen molar-refractivity contribution < 1.29 is 87.9 Å². The van der Waals surface area contributed by atoms with Crippen LogP contribution in [0, 0.1) is 0 Å². The van der Waals surface area contributed by atoms with Gasteiger partial charge >= 0.3 is 53.6 Å². The van der Waals surface area contributed by atoms with E-state index in [0.29, 0.717) is 0 Å². The largest absolute Gasteiger partial charge is 0.460 e. The van der Waals surface area contributed by atoms with Crippen molar-refractivity contribution in [2.45, 2.75) is 53.6 Å². The van der Waals surface area contributed by atoms with Gasteiger partial charge in [-0.25, -0.2) is 0 Å². The summed E-state index contributed by atoms with van der Waals surface area (Å²) < 4.78 is 257. The molecule has 1 nitrogen and oxygen atoms in total. The number of nitrogens with zero attached hydrogens (tertiary/aromatic N) is 1.